The quantitative estimate of drug-likeness (QED) is 0.626. The molecule has 0 aliphatic heterocycles. The molecule has 0 bridgehead atoms. The Labute approximate surface area is 173 Å². The molecule has 9 heteroatoms. The zero-order valence-corrected chi connectivity index (χ0v) is 17.1. The number of hydrogen-bond donors (Lipinski definition) is 2. The van der Waals surface area contributed by atoms with Gasteiger partial charge >= 0.3 is 12.1 Å². The first-order valence-electron chi connectivity index (χ1n) is 9.41. The molecule has 0 radical (unpaired) electrons. The van der Waals surface area contributed by atoms with E-state index in [1.165, 1.54) is 5.56 Å². The third kappa shape index (κ3) is 10.1. The molecule has 3 N–H and O–H groups in total. The topological polar surface area (TPSA) is 94.7 Å². The Hall–Kier alpha value is -2.81. The third-order valence-electron chi connectivity index (χ3n) is 3.80. The lowest BCUT2D eigenvalue weighted by molar-refractivity contribution is -0.192. The fraction of sp³-hybridized carbons (Fsp3) is 0.429. The van der Waals surface area contributed by atoms with E-state index < -0.39 is 12.1 Å². The van der Waals surface area contributed by atoms with Gasteiger partial charge in [-0.25, -0.2) is 9.78 Å². The summed E-state index contributed by atoms with van der Waals surface area (Å²) in [6, 6.07) is 11.9. The fourth-order valence-corrected chi connectivity index (χ4v) is 2.13. The Morgan fingerprint density at radius 1 is 1.10 bits per heavy atom. The van der Waals surface area contributed by atoms with Crippen LogP contribution in [-0.4, -0.2) is 34.9 Å². The summed E-state index contributed by atoms with van der Waals surface area (Å²) in [5.41, 5.74) is 6.95. The second-order valence-electron chi connectivity index (χ2n) is 6.93. The molecule has 1 atom stereocenters. The van der Waals surface area contributed by atoms with Crippen molar-refractivity contribution in [3.05, 3.63) is 48.2 Å². The molecular formula is C21H27F3N2O4. The Balaban J connectivity index is 0.000000553. The number of hydrogen-bond acceptors (Lipinski definition) is 5. The van der Waals surface area contributed by atoms with Crippen molar-refractivity contribution in [3.63, 3.8) is 0 Å². The van der Waals surface area contributed by atoms with Crippen molar-refractivity contribution >= 4 is 5.97 Å². The highest BCUT2D eigenvalue weighted by molar-refractivity contribution is 5.73. The number of benzene rings is 1. The van der Waals surface area contributed by atoms with Gasteiger partial charge in [0, 0.05) is 6.07 Å². The van der Waals surface area contributed by atoms with Crippen molar-refractivity contribution in [1.82, 2.24) is 4.98 Å². The van der Waals surface area contributed by atoms with Gasteiger partial charge in [-0.15, -0.1) is 0 Å². The normalized spacial score (nSPS) is 12.0. The van der Waals surface area contributed by atoms with Crippen LogP contribution >= 0.6 is 0 Å². The van der Waals surface area contributed by atoms with E-state index in [2.05, 4.69) is 24.0 Å². The fourth-order valence-electron chi connectivity index (χ4n) is 2.13. The van der Waals surface area contributed by atoms with Crippen LogP contribution in [0, 0.1) is 5.92 Å². The van der Waals surface area contributed by atoms with Crippen molar-refractivity contribution < 1.29 is 32.5 Å². The Bertz CT molecular complexity index is 763. The molecule has 0 spiro atoms. The summed E-state index contributed by atoms with van der Waals surface area (Å²) >= 11 is 0. The van der Waals surface area contributed by atoms with Gasteiger partial charge in [-0.05, 0) is 62.9 Å². The summed E-state index contributed by atoms with van der Waals surface area (Å²) in [7, 11) is 0. The number of halogens is 3. The molecular weight excluding hydrogens is 401 g/mol. The summed E-state index contributed by atoms with van der Waals surface area (Å²) in [5, 5.41) is 7.12. The lowest BCUT2D eigenvalue weighted by Gasteiger charge is -2.10. The molecule has 1 aromatic carbocycles. The van der Waals surface area contributed by atoms with Gasteiger partial charge in [0.25, 0.3) is 0 Å². The molecule has 0 aliphatic rings. The zero-order valence-electron chi connectivity index (χ0n) is 17.1. The van der Waals surface area contributed by atoms with Gasteiger partial charge < -0.3 is 20.3 Å². The lowest BCUT2D eigenvalue weighted by Crippen LogP contribution is -2.21. The average molecular weight is 428 g/mol. The Morgan fingerprint density at radius 3 is 2.10 bits per heavy atom. The van der Waals surface area contributed by atoms with E-state index in [0.29, 0.717) is 17.5 Å². The maximum atomic E-state index is 10.6. The van der Waals surface area contributed by atoms with Gasteiger partial charge in [0.1, 0.15) is 11.5 Å². The van der Waals surface area contributed by atoms with Crippen LogP contribution < -0.4 is 15.2 Å². The molecule has 1 heterocycles. The summed E-state index contributed by atoms with van der Waals surface area (Å²) in [5.74, 6) is -0.0849. The molecule has 6 nitrogen and oxygen atoms in total. The maximum absolute atomic E-state index is 10.6. The second kappa shape index (κ2) is 12.0. The van der Waals surface area contributed by atoms with Gasteiger partial charge in [-0.2, -0.15) is 13.2 Å². The number of carboxylic acid groups (broad SMARTS) is 1. The summed E-state index contributed by atoms with van der Waals surface area (Å²) < 4.78 is 43.1. The van der Waals surface area contributed by atoms with Crippen LogP contribution in [0.15, 0.2) is 42.6 Å². The van der Waals surface area contributed by atoms with Crippen LogP contribution in [0.25, 0.3) is 0 Å². The van der Waals surface area contributed by atoms with E-state index in [4.69, 9.17) is 25.1 Å². The lowest BCUT2D eigenvalue weighted by atomic mass is 10.0. The van der Waals surface area contributed by atoms with Gasteiger partial charge in [0.2, 0.25) is 5.88 Å². The Morgan fingerprint density at radius 2 is 1.67 bits per heavy atom. The first kappa shape index (κ1) is 25.2. The SMILES string of the molecule is CC(CN)CCc1ccc(Oc2ccc(OC(C)C)nc2)cc1.O=C(O)C(F)(F)F. The van der Waals surface area contributed by atoms with Gasteiger partial charge in [0.15, 0.2) is 0 Å². The smallest absolute Gasteiger partial charge is 0.475 e. The minimum atomic E-state index is -5.08. The number of aryl methyl sites for hydroxylation is 1. The van der Waals surface area contributed by atoms with Crippen LogP contribution in [0.3, 0.4) is 0 Å². The molecule has 2 aromatic rings. The van der Waals surface area contributed by atoms with Gasteiger partial charge in [-0.1, -0.05) is 19.1 Å². The maximum Gasteiger partial charge on any atom is 0.490 e. The van der Waals surface area contributed by atoms with E-state index in [1.807, 2.05) is 38.1 Å². The van der Waals surface area contributed by atoms with E-state index in [-0.39, 0.29) is 6.10 Å². The predicted molar refractivity (Wildman–Crippen MR) is 107 cm³/mol. The number of rotatable bonds is 8. The Kier molecular flexibility index (Phi) is 10.1. The highest BCUT2D eigenvalue weighted by Gasteiger charge is 2.38. The highest BCUT2D eigenvalue weighted by atomic mass is 19.4. The van der Waals surface area contributed by atoms with Crippen molar-refractivity contribution in [3.8, 4) is 17.4 Å². The molecule has 30 heavy (non-hydrogen) atoms. The zero-order chi connectivity index (χ0) is 22.7. The number of nitrogens with zero attached hydrogens (tertiary/aromatic N) is 1. The first-order chi connectivity index (χ1) is 14.0. The molecule has 0 aliphatic carbocycles. The van der Waals surface area contributed by atoms with Gasteiger partial charge in [0.05, 0.1) is 12.3 Å². The molecule has 1 aromatic heterocycles. The summed E-state index contributed by atoms with van der Waals surface area (Å²) in [6.07, 6.45) is -1.14. The van der Waals surface area contributed by atoms with Crippen LogP contribution in [0.4, 0.5) is 13.2 Å². The van der Waals surface area contributed by atoms with Crippen molar-refractivity contribution in [2.24, 2.45) is 11.7 Å². The number of carbonyl (C=O) groups is 1. The van der Waals surface area contributed by atoms with Crippen LogP contribution in [0.1, 0.15) is 32.8 Å². The number of nitrogens with two attached hydrogens (primary N) is 1. The van der Waals surface area contributed by atoms with Crippen molar-refractivity contribution in [2.75, 3.05) is 6.54 Å². The van der Waals surface area contributed by atoms with Crippen LogP contribution in [0.2, 0.25) is 0 Å². The second-order valence-corrected chi connectivity index (χ2v) is 6.93. The minimum absolute atomic E-state index is 0.115. The molecule has 0 fully saturated rings. The minimum Gasteiger partial charge on any atom is -0.475 e. The monoisotopic (exact) mass is 428 g/mol. The number of ether oxygens (including phenoxy) is 2. The van der Waals surface area contributed by atoms with E-state index in [1.54, 1.807) is 6.20 Å². The third-order valence-corrected chi connectivity index (χ3v) is 3.80. The van der Waals surface area contributed by atoms with Gasteiger partial charge in [-0.3, -0.25) is 0 Å². The van der Waals surface area contributed by atoms with Crippen molar-refractivity contribution in [2.45, 2.75) is 45.9 Å². The summed E-state index contributed by atoms with van der Waals surface area (Å²) in [4.78, 5) is 13.1. The number of pyridine rings is 1. The van der Waals surface area contributed by atoms with E-state index in [9.17, 15) is 13.2 Å². The first-order valence-corrected chi connectivity index (χ1v) is 9.41. The highest BCUT2D eigenvalue weighted by Crippen LogP contribution is 2.23. The number of alkyl halides is 3. The molecule has 0 saturated heterocycles. The summed E-state index contributed by atoms with van der Waals surface area (Å²) in [6.45, 7) is 6.87. The molecule has 166 valence electrons. The molecule has 1 unspecified atom stereocenters. The van der Waals surface area contributed by atoms with Crippen LogP contribution in [0.5, 0.6) is 17.4 Å². The number of carboxylic acids is 1. The molecule has 2 rings (SSSR count). The molecule has 0 saturated carbocycles. The molecule has 0 amide bonds. The van der Waals surface area contributed by atoms with Crippen molar-refractivity contribution in [1.29, 1.82) is 0 Å². The number of aromatic nitrogens is 1. The number of aliphatic carboxylic acids is 1. The van der Waals surface area contributed by atoms with Crippen LogP contribution in [-0.2, 0) is 11.2 Å². The largest absolute Gasteiger partial charge is 0.490 e. The van der Waals surface area contributed by atoms with E-state index in [0.717, 1.165) is 25.1 Å². The standard InChI is InChI=1S/C19H26N2O2.C2HF3O2/c1-14(2)22-19-11-10-18(13-21-19)23-17-8-6-16(7-9-17)5-4-15(3)12-20;3-2(4,5)1(6)7/h6-11,13-15H,4-5,12,20H2,1-3H3;(H,6,7). The average Bonchev–Trinajstić information content (AvgIpc) is 2.68. The van der Waals surface area contributed by atoms with E-state index >= 15 is 0 Å². The predicted octanol–water partition coefficient (Wildman–Crippen LogP) is 4.82.